The minimum absolute atomic E-state index is 0.193. The van der Waals surface area contributed by atoms with E-state index in [2.05, 4.69) is 0 Å². The molecular weight excluding hydrogens is 448 g/mol. The molecule has 0 aliphatic carbocycles. The molecule has 2 N–H and O–H groups in total. The summed E-state index contributed by atoms with van der Waals surface area (Å²) < 4.78 is 38.4. The number of ether oxygens (including phenoxy) is 2. The van der Waals surface area contributed by atoms with E-state index < -0.39 is 33.5 Å². The van der Waals surface area contributed by atoms with Gasteiger partial charge >= 0.3 is 0 Å². The maximum absolute atomic E-state index is 13.6. The van der Waals surface area contributed by atoms with Gasteiger partial charge in [-0.25, -0.2) is 8.42 Å². The molecule has 0 bridgehead atoms. The van der Waals surface area contributed by atoms with Crippen molar-refractivity contribution in [1.29, 1.82) is 0 Å². The highest BCUT2D eigenvalue weighted by Gasteiger charge is 2.54. The molecule has 2 aromatic carbocycles. The smallest absolute Gasteiger partial charge is 0.231 e. The second-order valence-corrected chi connectivity index (χ2v) is 11.2. The molecule has 8 nitrogen and oxygen atoms in total. The zero-order valence-electron chi connectivity index (χ0n) is 16.9. The summed E-state index contributed by atoms with van der Waals surface area (Å²) in [5.74, 6) is 1.37. The zero-order chi connectivity index (χ0) is 21.9. The van der Waals surface area contributed by atoms with Gasteiger partial charge in [-0.3, -0.25) is 14.9 Å². The number of likely N-dealkylation sites (tertiary alicyclic amines) is 1. The Morgan fingerprint density at radius 3 is 2.59 bits per heavy atom. The van der Waals surface area contributed by atoms with E-state index in [-0.39, 0.29) is 6.79 Å². The number of nitrogens with zero attached hydrogens (tertiary/aromatic N) is 3. The molecule has 3 aliphatic heterocycles. The standard InChI is InChI=1S/C22H20N4O4S2/c23-21-20(32(27,28)18-6-3-9-31-18)19-22(25-15-5-2-1-4-14(15)24-19)26(21)11-13-7-8-16-17(10-13)30-12-29-16/h1-10,19-22H,11-12,23H2. The lowest BCUT2D eigenvalue weighted by molar-refractivity contribution is 0.173. The minimum atomic E-state index is -3.70. The van der Waals surface area contributed by atoms with Gasteiger partial charge in [0.1, 0.15) is 21.7 Å². The van der Waals surface area contributed by atoms with E-state index in [1.165, 1.54) is 11.3 Å². The largest absolute Gasteiger partial charge is 0.454 e. The normalized spacial score (nSPS) is 26.2. The van der Waals surface area contributed by atoms with E-state index in [9.17, 15) is 8.42 Å². The third-order valence-electron chi connectivity index (χ3n) is 6.08. The highest BCUT2D eigenvalue weighted by Crippen LogP contribution is 2.38. The molecule has 32 heavy (non-hydrogen) atoms. The molecular formula is C22H20N4O4S2. The zero-order valence-corrected chi connectivity index (χ0v) is 18.5. The number of nitrogens with two attached hydrogens (primary N) is 1. The van der Waals surface area contributed by atoms with Crippen molar-refractivity contribution < 1.29 is 17.9 Å². The lowest BCUT2D eigenvalue weighted by Gasteiger charge is -2.27. The van der Waals surface area contributed by atoms with Gasteiger partial charge in [-0.1, -0.05) is 24.3 Å². The molecule has 6 rings (SSSR count). The SMILES string of the molecule is NC1C(S(=O)(=O)c2cccs2)C2N=c3ccccc3=NC2N1Cc1ccc2c(c1)OCO2. The molecule has 0 spiro atoms. The van der Waals surface area contributed by atoms with E-state index in [1.54, 1.807) is 17.5 Å². The van der Waals surface area contributed by atoms with Gasteiger partial charge in [0.05, 0.1) is 16.9 Å². The van der Waals surface area contributed by atoms with Crippen LogP contribution in [0.3, 0.4) is 0 Å². The molecule has 3 aromatic rings. The van der Waals surface area contributed by atoms with Crippen molar-refractivity contribution in [2.45, 2.75) is 34.4 Å². The Hall–Kier alpha value is -2.79. The van der Waals surface area contributed by atoms with Crippen LogP contribution in [0, 0.1) is 0 Å². The molecule has 4 atom stereocenters. The Kier molecular flexibility index (Phi) is 4.58. The molecule has 10 heteroatoms. The Labute approximate surface area is 188 Å². The number of hydrogen-bond donors (Lipinski definition) is 1. The first-order chi connectivity index (χ1) is 15.5. The number of benzene rings is 2. The Morgan fingerprint density at radius 1 is 1.03 bits per heavy atom. The number of hydrogen-bond acceptors (Lipinski definition) is 9. The predicted octanol–water partition coefficient (Wildman–Crippen LogP) is 1.07. The van der Waals surface area contributed by atoms with Crippen molar-refractivity contribution in [3.63, 3.8) is 0 Å². The van der Waals surface area contributed by atoms with Gasteiger partial charge < -0.3 is 15.2 Å². The molecule has 164 valence electrons. The Bertz CT molecular complexity index is 1410. The average molecular weight is 469 g/mol. The first-order valence-corrected chi connectivity index (χ1v) is 12.6. The van der Waals surface area contributed by atoms with Gasteiger partial charge in [-0.05, 0) is 41.3 Å². The van der Waals surface area contributed by atoms with Crippen LogP contribution in [0.4, 0.5) is 0 Å². The third kappa shape index (κ3) is 3.06. The number of thiophene rings is 1. The van der Waals surface area contributed by atoms with Crippen LogP contribution in [0.15, 0.2) is 74.2 Å². The molecule has 4 heterocycles. The van der Waals surface area contributed by atoms with Crippen molar-refractivity contribution in [2.75, 3.05) is 6.79 Å². The molecule has 0 radical (unpaired) electrons. The maximum atomic E-state index is 13.6. The summed E-state index contributed by atoms with van der Waals surface area (Å²) in [7, 11) is -3.70. The third-order valence-corrected chi connectivity index (χ3v) is 9.70. The van der Waals surface area contributed by atoms with Crippen LogP contribution in [0.25, 0.3) is 0 Å². The van der Waals surface area contributed by atoms with Crippen LogP contribution in [0.5, 0.6) is 11.5 Å². The number of para-hydroxylation sites is 2. The van der Waals surface area contributed by atoms with Crippen LogP contribution in [-0.2, 0) is 16.4 Å². The van der Waals surface area contributed by atoms with Crippen molar-refractivity contribution in [1.82, 2.24) is 4.90 Å². The van der Waals surface area contributed by atoms with Gasteiger partial charge in [0, 0.05) is 6.54 Å². The van der Waals surface area contributed by atoms with E-state index in [0.29, 0.717) is 27.6 Å². The van der Waals surface area contributed by atoms with Crippen LogP contribution in [0.1, 0.15) is 5.56 Å². The van der Waals surface area contributed by atoms with Gasteiger partial charge in [-0.15, -0.1) is 11.3 Å². The summed E-state index contributed by atoms with van der Waals surface area (Å²) >= 11 is 1.20. The first kappa shape index (κ1) is 19.9. The van der Waals surface area contributed by atoms with E-state index in [4.69, 9.17) is 25.2 Å². The maximum Gasteiger partial charge on any atom is 0.231 e. The highest BCUT2D eigenvalue weighted by atomic mass is 32.2. The summed E-state index contributed by atoms with van der Waals surface area (Å²) in [5.41, 5.74) is 7.58. The summed E-state index contributed by atoms with van der Waals surface area (Å²) in [5, 5.41) is 2.28. The number of rotatable bonds is 4. The van der Waals surface area contributed by atoms with Gasteiger partial charge in [0.15, 0.2) is 21.3 Å². The molecule has 1 aromatic heterocycles. The predicted molar refractivity (Wildman–Crippen MR) is 118 cm³/mol. The lowest BCUT2D eigenvalue weighted by atomic mass is 10.1. The van der Waals surface area contributed by atoms with Crippen LogP contribution < -0.4 is 25.9 Å². The van der Waals surface area contributed by atoms with Crippen molar-refractivity contribution >= 4 is 21.2 Å². The van der Waals surface area contributed by atoms with E-state index in [0.717, 1.165) is 10.9 Å². The molecule has 1 saturated heterocycles. The Morgan fingerprint density at radius 2 is 1.81 bits per heavy atom. The highest BCUT2D eigenvalue weighted by molar-refractivity contribution is 7.94. The van der Waals surface area contributed by atoms with Crippen molar-refractivity contribution in [3.05, 3.63) is 76.3 Å². The summed E-state index contributed by atoms with van der Waals surface area (Å²) in [6.07, 6.45) is -1.26. The number of fused-ring (bicyclic) bond motifs is 3. The molecule has 0 amide bonds. The van der Waals surface area contributed by atoms with Crippen molar-refractivity contribution in [2.24, 2.45) is 15.7 Å². The van der Waals surface area contributed by atoms with Gasteiger partial charge in [-0.2, -0.15) is 0 Å². The lowest BCUT2D eigenvalue weighted by Crippen LogP contribution is -2.47. The fourth-order valence-electron chi connectivity index (χ4n) is 4.58. The summed E-state index contributed by atoms with van der Waals surface area (Å²) in [6, 6.07) is 16.0. The minimum Gasteiger partial charge on any atom is -0.454 e. The molecule has 3 aliphatic rings. The van der Waals surface area contributed by atoms with Crippen LogP contribution >= 0.6 is 11.3 Å². The van der Waals surface area contributed by atoms with E-state index >= 15 is 0 Å². The topological polar surface area (TPSA) is 107 Å². The summed E-state index contributed by atoms with van der Waals surface area (Å²) in [4.78, 5) is 11.6. The monoisotopic (exact) mass is 468 g/mol. The molecule has 0 saturated carbocycles. The molecule has 4 unspecified atom stereocenters. The number of sulfone groups is 1. The van der Waals surface area contributed by atoms with Gasteiger partial charge in [0.25, 0.3) is 0 Å². The van der Waals surface area contributed by atoms with Crippen LogP contribution in [-0.4, -0.2) is 43.7 Å². The molecule has 1 fully saturated rings. The fourth-order valence-corrected chi connectivity index (χ4v) is 7.70. The van der Waals surface area contributed by atoms with Gasteiger partial charge in [0.2, 0.25) is 6.79 Å². The fraction of sp³-hybridized carbons (Fsp3) is 0.273. The average Bonchev–Trinajstić information content (AvgIpc) is 3.53. The quantitative estimate of drug-likeness (QED) is 0.614. The first-order valence-electron chi connectivity index (χ1n) is 10.2. The summed E-state index contributed by atoms with van der Waals surface area (Å²) in [6.45, 7) is 0.607. The van der Waals surface area contributed by atoms with E-state index in [1.807, 2.05) is 47.4 Å². The van der Waals surface area contributed by atoms with Crippen LogP contribution in [0.2, 0.25) is 0 Å². The Balaban J connectivity index is 1.44. The van der Waals surface area contributed by atoms with Crippen molar-refractivity contribution in [3.8, 4) is 11.5 Å². The second-order valence-electron chi connectivity index (χ2n) is 7.94. The second kappa shape index (κ2) is 7.38.